The largest absolute Gasteiger partial charge is 0.358 e. The number of rotatable bonds is 5. The van der Waals surface area contributed by atoms with Gasteiger partial charge in [0.15, 0.2) is 5.13 Å². The van der Waals surface area contributed by atoms with E-state index in [-0.39, 0.29) is 5.91 Å². The van der Waals surface area contributed by atoms with Gasteiger partial charge in [0.05, 0.1) is 11.4 Å². The molecular weight excluding hydrogens is 370 g/mol. The normalized spacial score (nSPS) is 13.9. The SMILES string of the molecule is CCc1ccc(-c2csc(NC(=O)CSC(=S)N3CCCC3)n2)cc1. The smallest absolute Gasteiger partial charge is 0.236 e. The Bertz CT molecular complexity index is 736. The van der Waals surface area contributed by atoms with E-state index in [4.69, 9.17) is 12.2 Å². The van der Waals surface area contributed by atoms with E-state index in [2.05, 4.69) is 46.4 Å². The summed E-state index contributed by atoms with van der Waals surface area (Å²) in [4.78, 5) is 18.8. The Labute approximate surface area is 162 Å². The van der Waals surface area contributed by atoms with Crippen LogP contribution in [-0.2, 0) is 11.2 Å². The van der Waals surface area contributed by atoms with Gasteiger partial charge in [0.1, 0.15) is 4.32 Å². The standard InChI is InChI=1S/C18H21N3OS3/c1-2-13-5-7-14(8-6-13)15-11-24-17(19-15)20-16(22)12-25-18(23)21-9-3-4-10-21/h5-8,11H,2-4,9-10,12H2,1H3,(H,19,20,22). The molecule has 0 atom stereocenters. The zero-order valence-corrected chi connectivity index (χ0v) is 16.6. The third kappa shape index (κ3) is 5.03. The number of aryl methyl sites for hydroxylation is 1. The van der Waals surface area contributed by atoms with Crippen molar-refractivity contribution < 1.29 is 4.79 Å². The molecule has 4 nitrogen and oxygen atoms in total. The molecule has 1 saturated heterocycles. The van der Waals surface area contributed by atoms with Gasteiger partial charge in [-0.15, -0.1) is 11.3 Å². The van der Waals surface area contributed by atoms with E-state index < -0.39 is 0 Å². The highest BCUT2D eigenvalue weighted by Gasteiger charge is 2.16. The van der Waals surface area contributed by atoms with Gasteiger partial charge >= 0.3 is 0 Å². The third-order valence-corrected chi connectivity index (χ3v) is 6.38. The molecule has 2 aromatic rings. The van der Waals surface area contributed by atoms with Crippen molar-refractivity contribution in [3.05, 3.63) is 35.2 Å². The Hall–Kier alpha value is -1.44. The second-order valence-electron chi connectivity index (χ2n) is 5.89. The van der Waals surface area contributed by atoms with E-state index in [0.29, 0.717) is 10.9 Å². The van der Waals surface area contributed by atoms with Crippen LogP contribution in [0.3, 0.4) is 0 Å². The number of likely N-dealkylation sites (tertiary alicyclic amines) is 1. The number of nitrogens with one attached hydrogen (secondary N) is 1. The maximum atomic E-state index is 12.1. The molecule has 0 aliphatic carbocycles. The van der Waals surface area contributed by atoms with Gasteiger partial charge in [-0.05, 0) is 24.8 Å². The average Bonchev–Trinajstić information content (AvgIpc) is 3.32. The van der Waals surface area contributed by atoms with Crippen molar-refractivity contribution in [2.24, 2.45) is 0 Å². The first-order valence-electron chi connectivity index (χ1n) is 8.42. The summed E-state index contributed by atoms with van der Waals surface area (Å²) in [5, 5.41) is 5.47. The number of thiocarbonyl (C=S) groups is 1. The quantitative estimate of drug-likeness (QED) is 0.764. The molecular formula is C18H21N3OS3. The summed E-state index contributed by atoms with van der Waals surface area (Å²) in [6.07, 6.45) is 3.40. The molecule has 1 amide bonds. The van der Waals surface area contributed by atoms with Crippen molar-refractivity contribution >= 4 is 50.7 Å². The Kier molecular flexibility index (Phi) is 6.45. The highest BCUT2D eigenvalue weighted by Crippen LogP contribution is 2.25. The van der Waals surface area contributed by atoms with Crippen LogP contribution in [0.1, 0.15) is 25.3 Å². The molecule has 1 aromatic heterocycles. The fourth-order valence-corrected chi connectivity index (χ4v) is 4.44. The molecule has 0 unspecified atom stereocenters. The number of hydrogen-bond acceptors (Lipinski definition) is 5. The van der Waals surface area contributed by atoms with Gasteiger partial charge < -0.3 is 10.2 Å². The highest BCUT2D eigenvalue weighted by molar-refractivity contribution is 8.23. The zero-order chi connectivity index (χ0) is 17.6. The lowest BCUT2D eigenvalue weighted by atomic mass is 10.1. The number of nitrogens with zero attached hydrogens (tertiary/aromatic N) is 2. The minimum atomic E-state index is -0.0613. The molecule has 7 heteroatoms. The van der Waals surface area contributed by atoms with Gasteiger partial charge in [-0.1, -0.05) is 55.2 Å². The van der Waals surface area contributed by atoms with E-state index in [1.54, 1.807) is 0 Å². The van der Waals surface area contributed by atoms with Crippen LogP contribution in [0.5, 0.6) is 0 Å². The molecule has 0 spiro atoms. The van der Waals surface area contributed by atoms with Crippen LogP contribution in [0.2, 0.25) is 0 Å². The number of anilines is 1. The summed E-state index contributed by atoms with van der Waals surface area (Å²) in [5.41, 5.74) is 3.26. The third-order valence-electron chi connectivity index (χ3n) is 4.10. The average molecular weight is 392 g/mol. The first-order chi connectivity index (χ1) is 12.2. The minimum Gasteiger partial charge on any atom is -0.358 e. The number of aromatic nitrogens is 1. The summed E-state index contributed by atoms with van der Waals surface area (Å²) in [7, 11) is 0. The molecule has 132 valence electrons. The molecule has 2 heterocycles. The lowest BCUT2D eigenvalue weighted by Gasteiger charge is -2.17. The number of thioether (sulfide) groups is 1. The molecule has 1 aliphatic rings. The van der Waals surface area contributed by atoms with Crippen LogP contribution < -0.4 is 5.32 Å². The van der Waals surface area contributed by atoms with Gasteiger partial charge in [-0.25, -0.2) is 4.98 Å². The molecule has 25 heavy (non-hydrogen) atoms. The van der Waals surface area contributed by atoms with E-state index >= 15 is 0 Å². The monoisotopic (exact) mass is 391 g/mol. The first-order valence-corrected chi connectivity index (χ1v) is 10.7. The van der Waals surface area contributed by atoms with Crippen molar-refractivity contribution in [3.8, 4) is 11.3 Å². The minimum absolute atomic E-state index is 0.0613. The predicted octanol–water partition coefficient (Wildman–Crippen LogP) is 4.42. The lowest BCUT2D eigenvalue weighted by Crippen LogP contribution is -2.25. The fourth-order valence-electron chi connectivity index (χ4n) is 2.65. The number of carbonyl (C=O) groups excluding carboxylic acids is 1. The van der Waals surface area contributed by atoms with Crippen LogP contribution in [0.4, 0.5) is 5.13 Å². The van der Waals surface area contributed by atoms with E-state index in [0.717, 1.165) is 35.1 Å². The van der Waals surface area contributed by atoms with Crippen LogP contribution in [0.25, 0.3) is 11.3 Å². The van der Waals surface area contributed by atoms with E-state index in [1.807, 2.05) is 5.38 Å². The molecule has 3 rings (SSSR count). The van der Waals surface area contributed by atoms with Gasteiger partial charge in [0.25, 0.3) is 0 Å². The highest BCUT2D eigenvalue weighted by atomic mass is 32.2. The van der Waals surface area contributed by atoms with Crippen LogP contribution in [-0.4, -0.2) is 39.0 Å². The zero-order valence-electron chi connectivity index (χ0n) is 14.2. The fraction of sp³-hybridized carbons (Fsp3) is 0.389. The van der Waals surface area contributed by atoms with Crippen molar-refractivity contribution in [1.82, 2.24) is 9.88 Å². The molecule has 1 aromatic carbocycles. The number of hydrogen-bond donors (Lipinski definition) is 1. The van der Waals surface area contributed by atoms with E-state index in [9.17, 15) is 4.79 Å². The molecule has 0 saturated carbocycles. The van der Waals surface area contributed by atoms with Gasteiger partial charge in [-0.3, -0.25) is 4.79 Å². The van der Waals surface area contributed by atoms with Crippen LogP contribution in [0.15, 0.2) is 29.6 Å². The lowest BCUT2D eigenvalue weighted by molar-refractivity contribution is -0.113. The predicted molar refractivity (Wildman–Crippen MR) is 111 cm³/mol. The second kappa shape index (κ2) is 8.78. The summed E-state index contributed by atoms with van der Waals surface area (Å²) in [6, 6.07) is 8.37. The summed E-state index contributed by atoms with van der Waals surface area (Å²) in [6.45, 7) is 4.17. The van der Waals surface area contributed by atoms with Gasteiger partial charge in [0.2, 0.25) is 5.91 Å². The number of carbonyl (C=O) groups is 1. The van der Waals surface area contributed by atoms with Crippen LogP contribution >= 0.6 is 35.3 Å². The summed E-state index contributed by atoms with van der Waals surface area (Å²) >= 11 is 8.26. The van der Waals surface area contributed by atoms with Gasteiger partial charge in [0, 0.05) is 24.0 Å². The molecule has 0 bridgehead atoms. The Balaban J connectivity index is 1.51. The number of benzene rings is 1. The molecule has 0 radical (unpaired) electrons. The molecule has 1 N–H and O–H groups in total. The van der Waals surface area contributed by atoms with Crippen molar-refractivity contribution in [1.29, 1.82) is 0 Å². The molecule has 1 aliphatic heterocycles. The van der Waals surface area contributed by atoms with E-state index in [1.165, 1.54) is 41.5 Å². The number of amides is 1. The summed E-state index contributed by atoms with van der Waals surface area (Å²) in [5.74, 6) is 0.267. The summed E-state index contributed by atoms with van der Waals surface area (Å²) < 4.78 is 0.823. The second-order valence-corrected chi connectivity index (χ2v) is 8.35. The van der Waals surface area contributed by atoms with Gasteiger partial charge in [-0.2, -0.15) is 0 Å². The topological polar surface area (TPSA) is 45.2 Å². The van der Waals surface area contributed by atoms with Crippen molar-refractivity contribution in [2.75, 3.05) is 24.2 Å². The maximum Gasteiger partial charge on any atom is 0.236 e. The van der Waals surface area contributed by atoms with Crippen molar-refractivity contribution in [2.45, 2.75) is 26.2 Å². The Morgan fingerprint density at radius 3 is 2.72 bits per heavy atom. The molecule has 1 fully saturated rings. The maximum absolute atomic E-state index is 12.1. The Morgan fingerprint density at radius 2 is 2.04 bits per heavy atom. The number of thiazole rings is 1. The van der Waals surface area contributed by atoms with Crippen molar-refractivity contribution in [3.63, 3.8) is 0 Å². The first kappa shape index (κ1) is 18.4. The van der Waals surface area contributed by atoms with Crippen LogP contribution in [0, 0.1) is 0 Å². The Morgan fingerprint density at radius 1 is 1.32 bits per heavy atom.